The lowest BCUT2D eigenvalue weighted by molar-refractivity contribution is -0.127. The van der Waals surface area contributed by atoms with Gasteiger partial charge in [-0.05, 0) is 40.1 Å². The molecule has 0 spiro atoms. The van der Waals surface area contributed by atoms with Crippen LogP contribution in [0.2, 0.25) is 0 Å². The number of likely N-dealkylation sites (N-methyl/N-ethyl adjacent to an activating group) is 1. The number of hydrogen-bond donors (Lipinski definition) is 0. The summed E-state index contributed by atoms with van der Waals surface area (Å²) < 4.78 is 1.14. The fraction of sp³-hybridized carbons (Fsp3) is 0.429. The standard InChI is InChI=1S/C14H18N2OS/c1-14(2,16(3)4)12(17)9-13-15-10-7-5-6-8-11(10)18-13/h5-8H,9H2,1-4H3. The van der Waals surface area contributed by atoms with Gasteiger partial charge in [-0.25, -0.2) is 4.98 Å². The molecule has 0 saturated heterocycles. The molecule has 0 saturated carbocycles. The molecule has 3 nitrogen and oxygen atoms in total. The Kier molecular flexibility index (Phi) is 3.50. The van der Waals surface area contributed by atoms with Crippen LogP contribution in [-0.2, 0) is 11.2 Å². The van der Waals surface area contributed by atoms with Crippen LogP contribution in [0, 0.1) is 0 Å². The fourth-order valence-electron chi connectivity index (χ4n) is 1.60. The van der Waals surface area contributed by atoms with Crippen LogP contribution in [0.4, 0.5) is 0 Å². The largest absolute Gasteiger partial charge is 0.298 e. The van der Waals surface area contributed by atoms with Gasteiger partial charge in [0.1, 0.15) is 5.01 Å². The van der Waals surface area contributed by atoms with Gasteiger partial charge in [-0.1, -0.05) is 12.1 Å². The van der Waals surface area contributed by atoms with Crippen molar-refractivity contribution in [3.8, 4) is 0 Å². The van der Waals surface area contributed by atoms with Crippen molar-refractivity contribution in [2.75, 3.05) is 14.1 Å². The number of nitrogens with zero attached hydrogens (tertiary/aromatic N) is 2. The number of rotatable bonds is 4. The second-order valence-electron chi connectivity index (χ2n) is 5.13. The van der Waals surface area contributed by atoms with E-state index in [-0.39, 0.29) is 5.78 Å². The molecule has 0 aliphatic carbocycles. The van der Waals surface area contributed by atoms with Gasteiger partial charge in [-0.15, -0.1) is 11.3 Å². The number of benzene rings is 1. The van der Waals surface area contributed by atoms with Gasteiger partial charge in [0.25, 0.3) is 0 Å². The average molecular weight is 262 g/mol. The maximum Gasteiger partial charge on any atom is 0.159 e. The van der Waals surface area contributed by atoms with Crippen molar-refractivity contribution in [2.45, 2.75) is 25.8 Å². The third-order valence-electron chi connectivity index (χ3n) is 3.45. The van der Waals surface area contributed by atoms with Crippen LogP contribution in [0.3, 0.4) is 0 Å². The fourth-order valence-corrected chi connectivity index (χ4v) is 2.56. The summed E-state index contributed by atoms with van der Waals surface area (Å²) in [5.41, 5.74) is 0.533. The molecule has 0 aliphatic rings. The number of carbonyl (C=O) groups is 1. The molecule has 0 atom stereocenters. The molecular formula is C14H18N2OS. The van der Waals surface area contributed by atoms with Crippen LogP contribution < -0.4 is 0 Å². The van der Waals surface area contributed by atoms with Crippen molar-refractivity contribution in [3.05, 3.63) is 29.3 Å². The minimum atomic E-state index is -0.447. The first kappa shape index (κ1) is 13.2. The molecule has 1 aromatic heterocycles. The van der Waals surface area contributed by atoms with E-state index in [4.69, 9.17) is 0 Å². The molecule has 1 aromatic carbocycles. The molecule has 0 aliphatic heterocycles. The van der Waals surface area contributed by atoms with Gasteiger partial charge < -0.3 is 0 Å². The number of para-hydroxylation sites is 1. The molecule has 0 amide bonds. The lowest BCUT2D eigenvalue weighted by atomic mass is 9.95. The molecule has 96 valence electrons. The minimum absolute atomic E-state index is 0.201. The molecule has 0 unspecified atom stereocenters. The molecule has 2 aromatic rings. The normalized spacial score (nSPS) is 12.3. The molecule has 0 bridgehead atoms. The zero-order valence-electron chi connectivity index (χ0n) is 11.2. The first-order valence-electron chi connectivity index (χ1n) is 5.96. The van der Waals surface area contributed by atoms with Crippen LogP contribution in [0.5, 0.6) is 0 Å². The molecule has 18 heavy (non-hydrogen) atoms. The summed E-state index contributed by atoms with van der Waals surface area (Å²) in [4.78, 5) is 18.7. The Balaban J connectivity index is 2.21. The molecule has 0 fully saturated rings. The maximum atomic E-state index is 12.3. The van der Waals surface area contributed by atoms with E-state index >= 15 is 0 Å². The zero-order chi connectivity index (χ0) is 13.3. The van der Waals surface area contributed by atoms with E-state index < -0.39 is 5.54 Å². The van der Waals surface area contributed by atoms with Crippen LogP contribution in [0.1, 0.15) is 18.9 Å². The quantitative estimate of drug-likeness (QED) is 0.849. The summed E-state index contributed by atoms with van der Waals surface area (Å²) in [7, 11) is 3.85. The first-order valence-corrected chi connectivity index (χ1v) is 6.78. The van der Waals surface area contributed by atoms with Crippen LogP contribution >= 0.6 is 11.3 Å². The number of Topliss-reactive ketones (excluding diaryl/α,β-unsaturated/α-hetero) is 1. The monoisotopic (exact) mass is 262 g/mol. The minimum Gasteiger partial charge on any atom is -0.298 e. The second kappa shape index (κ2) is 4.78. The highest BCUT2D eigenvalue weighted by Crippen LogP contribution is 2.23. The Morgan fingerprint density at radius 3 is 2.61 bits per heavy atom. The van der Waals surface area contributed by atoms with Gasteiger partial charge in [0, 0.05) is 0 Å². The van der Waals surface area contributed by atoms with E-state index in [9.17, 15) is 4.79 Å². The van der Waals surface area contributed by atoms with Gasteiger partial charge in [-0.2, -0.15) is 0 Å². The highest BCUT2D eigenvalue weighted by atomic mass is 32.1. The lowest BCUT2D eigenvalue weighted by Crippen LogP contribution is -2.46. The second-order valence-corrected chi connectivity index (χ2v) is 6.24. The predicted octanol–water partition coefficient (Wildman–Crippen LogP) is 2.75. The predicted molar refractivity (Wildman–Crippen MR) is 76.1 cm³/mol. The van der Waals surface area contributed by atoms with Crippen LogP contribution in [0.25, 0.3) is 10.2 Å². The van der Waals surface area contributed by atoms with E-state index in [1.54, 1.807) is 11.3 Å². The highest BCUT2D eigenvalue weighted by molar-refractivity contribution is 7.18. The number of carbonyl (C=O) groups excluding carboxylic acids is 1. The Morgan fingerprint density at radius 2 is 2.00 bits per heavy atom. The molecular weight excluding hydrogens is 244 g/mol. The van der Waals surface area contributed by atoms with Crippen LogP contribution in [-0.4, -0.2) is 35.3 Å². The third-order valence-corrected chi connectivity index (χ3v) is 4.49. The summed E-state index contributed by atoms with van der Waals surface area (Å²) in [6.45, 7) is 3.89. The number of hydrogen-bond acceptors (Lipinski definition) is 4. The Hall–Kier alpha value is -1.26. The maximum absolute atomic E-state index is 12.3. The molecule has 4 heteroatoms. The number of fused-ring (bicyclic) bond motifs is 1. The van der Waals surface area contributed by atoms with Gasteiger partial charge in [0.15, 0.2) is 5.78 Å². The van der Waals surface area contributed by atoms with Crippen molar-refractivity contribution in [1.29, 1.82) is 0 Å². The van der Waals surface area contributed by atoms with E-state index in [1.165, 1.54) is 0 Å². The number of thiazole rings is 1. The topological polar surface area (TPSA) is 33.2 Å². The molecule has 2 rings (SSSR count). The van der Waals surface area contributed by atoms with Gasteiger partial charge >= 0.3 is 0 Å². The summed E-state index contributed by atoms with van der Waals surface area (Å²) >= 11 is 1.60. The average Bonchev–Trinajstić information content (AvgIpc) is 2.70. The summed E-state index contributed by atoms with van der Waals surface area (Å²) in [6.07, 6.45) is 0.407. The number of ketones is 1. The Bertz CT molecular complexity index is 539. The van der Waals surface area contributed by atoms with Gasteiger partial charge in [0.2, 0.25) is 0 Å². The summed E-state index contributed by atoms with van der Waals surface area (Å²) in [6, 6.07) is 7.99. The zero-order valence-corrected chi connectivity index (χ0v) is 12.0. The van der Waals surface area contributed by atoms with Crippen molar-refractivity contribution >= 4 is 27.3 Å². The number of aromatic nitrogens is 1. The molecule has 1 heterocycles. The molecule has 0 N–H and O–H groups in total. The van der Waals surface area contributed by atoms with Crippen molar-refractivity contribution in [1.82, 2.24) is 9.88 Å². The van der Waals surface area contributed by atoms with Gasteiger partial charge in [-0.3, -0.25) is 9.69 Å². The smallest absolute Gasteiger partial charge is 0.159 e. The van der Waals surface area contributed by atoms with E-state index in [0.717, 1.165) is 15.2 Å². The van der Waals surface area contributed by atoms with E-state index in [2.05, 4.69) is 4.98 Å². The SMILES string of the molecule is CN(C)C(C)(C)C(=O)Cc1nc2ccccc2s1. The van der Waals surface area contributed by atoms with Crippen molar-refractivity contribution in [3.63, 3.8) is 0 Å². The Labute approximate surface area is 111 Å². The lowest BCUT2D eigenvalue weighted by Gasteiger charge is -2.30. The highest BCUT2D eigenvalue weighted by Gasteiger charge is 2.30. The Morgan fingerprint density at radius 1 is 1.33 bits per heavy atom. The molecule has 0 radical (unpaired) electrons. The van der Waals surface area contributed by atoms with E-state index in [1.807, 2.05) is 57.1 Å². The van der Waals surface area contributed by atoms with Crippen molar-refractivity contribution < 1.29 is 4.79 Å². The van der Waals surface area contributed by atoms with Crippen molar-refractivity contribution in [2.24, 2.45) is 0 Å². The van der Waals surface area contributed by atoms with E-state index in [0.29, 0.717) is 6.42 Å². The third kappa shape index (κ3) is 2.44. The first-order chi connectivity index (χ1) is 8.41. The summed E-state index contributed by atoms with van der Waals surface area (Å²) in [5.74, 6) is 0.201. The van der Waals surface area contributed by atoms with Gasteiger partial charge in [0.05, 0.1) is 22.2 Å². The summed E-state index contributed by atoms with van der Waals surface area (Å²) in [5, 5.41) is 0.899. The van der Waals surface area contributed by atoms with Crippen LogP contribution in [0.15, 0.2) is 24.3 Å².